The van der Waals surface area contributed by atoms with E-state index in [2.05, 4.69) is 28.9 Å². The zero-order chi connectivity index (χ0) is 8.97. The molecule has 0 aliphatic rings. The van der Waals surface area contributed by atoms with Gasteiger partial charge in [-0.05, 0) is 18.6 Å². The molecule has 0 N–H and O–H groups in total. The predicted molar refractivity (Wildman–Crippen MR) is 58.9 cm³/mol. The van der Waals surface area contributed by atoms with Crippen molar-refractivity contribution in [3.05, 3.63) is 40.4 Å². The molecular weight excluding hydrogens is 235 g/mol. The summed E-state index contributed by atoms with van der Waals surface area (Å²) in [6.07, 6.45) is 2.08. The van der Waals surface area contributed by atoms with Gasteiger partial charge in [-0.1, -0.05) is 57.4 Å². The molecule has 0 radical (unpaired) electrons. The first-order valence-electron chi connectivity index (χ1n) is 3.71. The molecular formula is C10H10BrCl. The standard InChI is InChI=1S/C10H10BrCl/c1-8(7-11)6-9-4-2-3-5-10(9)12/h2-6H,7H2,1H3. The minimum Gasteiger partial charge on any atom is -0.0880 e. The number of allylic oxidation sites excluding steroid dienone is 1. The van der Waals surface area contributed by atoms with Crippen LogP contribution >= 0.6 is 27.5 Å². The van der Waals surface area contributed by atoms with E-state index in [0.29, 0.717) is 0 Å². The number of hydrogen-bond acceptors (Lipinski definition) is 0. The van der Waals surface area contributed by atoms with Gasteiger partial charge >= 0.3 is 0 Å². The summed E-state index contributed by atoms with van der Waals surface area (Å²) < 4.78 is 0. The summed E-state index contributed by atoms with van der Waals surface area (Å²) in [4.78, 5) is 0. The number of alkyl halides is 1. The van der Waals surface area contributed by atoms with Gasteiger partial charge < -0.3 is 0 Å². The number of rotatable bonds is 2. The normalized spacial score (nSPS) is 11.8. The molecule has 2 heteroatoms. The van der Waals surface area contributed by atoms with Crippen LogP contribution in [0.15, 0.2) is 29.8 Å². The smallest absolute Gasteiger partial charge is 0.0478 e. The predicted octanol–water partition coefficient (Wildman–Crippen LogP) is 4.14. The lowest BCUT2D eigenvalue weighted by atomic mass is 10.1. The van der Waals surface area contributed by atoms with Crippen LogP contribution in [0.25, 0.3) is 6.08 Å². The molecule has 1 rings (SSSR count). The van der Waals surface area contributed by atoms with E-state index in [1.165, 1.54) is 5.57 Å². The third kappa shape index (κ3) is 2.65. The molecule has 0 amide bonds. The molecule has 1 aromatic rings. The lowest BCUT2D eigenvalue weighted by Gasteiger charge is -1.98. The summed E-state index contributed by atoms with van der Waals surface area (Å²) in [6.45, 7) is 2.07. The molecule has 12 heavy (non-hydrogen) atoms. The second-order valence-electron chi connectivity index (χ2n) is 2.65. The second-order valence-corrected chi connectivity index (χ2v) is 3.61. The van der Waals surface area contributed by atoms with E-state index in [1.807, 2.05) is 24.3 Å². The van der Waals surface area contributed by atoms with Crippen LogP contribution < -0.4 is 0 Å². The summed E-state index contributed by atoms with van der Waals surface area (Å²) >= 11 is 9.35. The molecule has 0 aliphatic carbocycles. The van der Waals surface area contributed by atoms with Gasteiger partial charge in [-0.15, -0.1) is 0 Å². The van der Waals surface area contributed by atoms with Crippen LogP contribution in [-0.2, 0) is 0 Å². The Morgan fingerprint density at radius 1 is 1.50 bits per heavy atom. The van der Waals surface area contributed by atoms with Crippen molar-refractivity contribution in [3.8, 4) is 0 Å². The van der Waals surface area contributed by atoms with E-state index in [-0.39, 0.29) is 0 Å². The summed E-state index contributed by atoms with van der Waals surface area (Å²) in [5, 5.41) is 1.69. The maximum absolute atomic E-state index is 5.97. The molecule has 0 heterocycles. The average molecular weight is 246 g/mol. The number of halogens is 2. The molecule has 0 unspecified atom stereocenters. The first kappa shape index (κ1) is 9.82. The van der Waals surface area contributed by atoms with E-state index < -0.39 is 0 Å². The molecule has 0 aliphatic heterocycles. The topological polar surface area (TPSA) is 0 Å². The van der Waals surface area contributed by atoms with Crippen molar-refractivity contribution < 1.29 is 0 Å². The third-order valence-corrected chi connectivity index (χ3v) is 2.75. The Bertz CT molecular complexity index is 292. The maximum atomic E-state index is 5.97. The molecule has 0 aromatic heterocycles. The monoisotopic (exact) mass is 244 g/mol. The van der Waals surface area contributed by atoms with Crippen molar-refractivity contribution in [1.29, 1.82) is 0 Å². The summed E-state index contributed by atoms with van der Waals surface area (Å²) in [6, 6.07) is 7.83. The van der Waals surface area contributed by atoms with Crippen LogP contribution in [0.4, 0.5) is 0 Å². The lowest BCUT2D eigenvalue weighted by molar-refractivity contribution is 1.45. The Hall–Kier alpha value is -0.270. The van der Waals surface area contributed by atoms with E-state index in [0.717, 1.165) is 15.9 Å². The summed E-state index contributed by atoms with van der Waals surface area (Å²) in [5.74, 6) is 0. The van der Waals surface area contributed by atoms with Gasteiger partial charge in [0.1, 0.15) is 0 Å². The number of benzene rings is 1. The minimum absolute atomic E-state index is 0.804. The lowest BCUT2D eigenvalue weighted by Crippen LogP contribution is -1.78. The first-order chi connectivity index (χ1) is 5.74. The van der Waals surface area contributed by atoms with Crippen molar-refractivity contribution in [2.75, 3.05) is 5.33 Å². The minimum atomic E-state index is 0.804. The highest BCUT2D eigenvalue weighted by Crippen LogP contribution is 2.18. The van der Waals surface area contributed by atoms with Crippen LogP contribution in [-0.4, -0.2) is 5.33 Å². The van der Waals surface area contributed by atoms with Gasteiger partial charge in [-0.25, -0.2) is 0 Å². The molecule has 0 atom stereocenters. The molecule has 64 valence electrons. The first-order valence-corrected chi connectivity index (χ1v) is 5.21. The van der Waals surface area contributed by atoms with Crippen LogP contribution in [0.1, 0.15) is 12.5 Å². The fourth-order valence-corrected chi connectivity index (χ4v) is 1.25. The molecule has 0 saturated heterocycles. The quantitative estimate of drug-likeness (QED) is 0.687. The Morgan fingerprint density at radius 2 is 2.17 bits per heavy atom. The van der Waals surface area contributed by atoms with Crippen LogP contribution in [0, 0.1) is 0 Å². The highest BCUT2D eigenvalue weighted by molar-refractivity contribution is 9.09. The van der Waals surface area contributed by atoms with Gasteiger partial charge in [0, 0.05) is 10.4 Å². The maximum Gasteiger partial charge on any atom is 0.0478 e. The van der Waals surface area contributed by atoms with E-state index in [9.17, 15) is 0 Å². The van der Waals surface area contributed by atoms with Gasteiger partial charge in [-0.3, -0.25) is 0 Å². The molecule has 0 nitrogen and oxygen atoms in total. The van der Waals surface area contributed by atoms with Crippen LogP contribution in [0.3, 0.4) is 0 Å². The van der Waals surface area contributed by atoms with Crippen LogP contribution in [0.2, 0.25) is 5.02 Å². The zero-order valence-electron chi connectivity index (χ0n) is 6.85. The van der Waals surface area contributed by atoms with Crippen molar-refractivity contribution in [2.24, 2.45) is 0 Å². The van der Waals surface area contributed by atoms with E-state index in [1.54, 1.807) is 0 Å². The van der Waals surface area contributed by atoms with Crippen molar-refractivity contribution in [3.63, 3.8) is 0 Å². The second kappa shape index (κ2) is 4.68. The summed E-state index contributed by atoms with van der Waals surface area (Å²) in [5.41, 5.74) is 2.35. The van der Waals surface area contributed by atoms with Gasteiger partial charge in [0.25, 0.3) is 0 Å². The Balaban J connectivity index is 2.96. The molecule has 0 saturated carbocycles. The van der Waals surface area contributed by atoms with Crippen LogP contribution in [0.5, 0.6) is 0 Å². The van der Waals surface area contributed by atoms with E-state index in [4.69, 9.17) is 11.6 Å². The zero-order valence-corrected chi connectivity index (χ0v) is 9.19. The van der Waals surface area contributed by atoms with Gasteiger partial charge in [-0.2, -0.15) is 0 Å². The molecule has 0 spiro atoms. The van der Waals surface area contributed by atoms with E-state index >= 15 is 0 Å². The molecule has 0 fully saturated rings. The molecule has 1 aromatic carbocycles. The van der Waals surface area contributed by atoms with Gasteiger partial charge in [0.2, 0.25) is 0 Å². The van der Waals surface area contributed by atoms with Crippen molar-refractivity contribution in [1.82, 2.24) is 0 Å². The van der Waals surface area contributed by atoms with Gasteiger partial charge in [0.15, 0.2) is 0 Å². The third-order valence-electron chi connectivity index (χ3n) is 1.52. The Kier molecular flexibility index (Phi) is 3.83. The largest absolute Gasteiger partial charge is 0.0880 e. The highest BCUT2D eigenvalue weighted by Gasteiger charge is 1.94. The van der Waals surface area contributed by atoms with Crippen molar-refractivity contribution in [2.45, 2.75) is 6.92 Å². The van der Waals surface area contributed by atoms with Gasteiger partial charge in [0.05, 0.1) is 0 Å². The SMILES string of the molecule is CC(=Cc1ccccc1Cl)CBr. The number of hydrogen-bond donors (Lipinski definition) is 0. The fourth-order valence-electron chi connectivity index (χ4n) is 0.896. The summed E-state index contributed by atoms with van der Waals surface area (Å²) in [7, 11) is 0. The Labute approximate surface area is 86.4 Å². The fraction of sp³-hybridized carbons (Fsp3) is 0.200. The molecule has 0 bridgehead atoms. The highest BCUT2D eigenvalue weighted by atomic mass is 79.9. The Morgan fingerprint density at radius 3 is 2.75 bits per heavy atom. The average Bonchev–Trinajstić information content (AvgIpc) is 2.09. The van der Waals surface area contributed by atoms with Crippen molar-refractivity contribution >= 4 is 33.6 Å².